The molecule has 0 saturated heterocycles. The van der Waals surface area contributed by atoms with Crippen LogP contribution < -0.4 is 4.90 Å². The van der Waals surface area contributed by atoms with Gasteiger partial charge in [0.05, 0.1) is 10.6 Å². The van der Waals surface area contributed by atoms with E-state index in [2.05, 4.69) is 39.1 Å². The molecule has 1 aromatic carbocycles. The van der Waals surface area contributed by atoms with Gasteiger partial charge in [-0.15, -0.1) is 10.2 Å². The lowest BCUT2D eigenvalue weighted by molar-refractivity contribution is -0.137. The van der Waals surface area contributed by atoms with Crippen molar-refractivity contribution in [2.24, 2.45) is 4.99 Å². The first-order valence-electron chi connectivity index (χ1n) is 12.9. The maximum absolute atomic E-state index is 13.2. The average molecular weight is 579 g/mol. The lowest BCUT2D eigenvalue weighted by Crippen LogP contribution is -2.33. The summed E-state index contributed by atoms with van der Waals surface area (Å²) in [7, 11) is 0. The number of alkyl halides is 3. The number of unbranched alkanes of at least 4 members (excludes halogenated alkanes) is 1. The van der Waals surface area contributed by atoms with Crippen molar-refractivity contribution < 1.29 is 13.2 Å². The average Bonchev–Trinajstić information content (AvgIpc) is 3.49. The van der Waals surface area contributed by atoms with E-state index >= 15 is 0 Å². The van der Waals surface area contributed by atoms with E-state index in [-0.39, 0.29) is 10.8 Å². The predicted molar refractivity (Wildman–Crippen MR) is 152 cm³/mol. The van der Waals surface area contributed by atoms with Gasteiger partial charge in [0.15, 0.2) is 5.82 Å². The number of tetrazole rings is 1. The second-order valence-electron chi connectivity index (χ2n) is 9.49. The molecule has 0 bridgehead atoms. The summed E-state index contributed by atoms with van der Waals surface area (Å²) in [5.74, 6) is 1.15. The molecule has 41 heavy (non-hydrogen) atoms. The van der Waals surface area contributed by atoms with Gasteiger partial charge >= 0.3 is 6.18 Å². The van der Waals surface area contributed by atoms with E-state index in [9.17, 15) is 13.2 Å². The maximum atomic E-state index is 13.2. The zero-order chi connectivity index (χ0) is 29.1. The molecule has 1 N–H and O–H groups in total. The van der Waals surface area contributed by atoms with Crippen LogP contribution in [0.3, 0.4) is 0 Å². The molecule has 0 unspecified atom stereocenters. The number of aromatic amines is 1. The largest absolute Gasteiger partial charge is 0.417 e. The Morgan fingerprint density at radius 3 is 2.46 bits per heavy atom. The van der Waals surface area contributed by atoms with Gasteiger partial charge in [0.1, 0.15) is 5.84 Å². The predicted octanol–water partition coefficient (Wildman–Crippen LogP) is 7.44. The Hall–Kier alpha value is -4.38. The summed E-state index contributed by atoms with van der Waals surface area (Å²) in [4.78, 5) is 15.2. The van der Waals surface area contributed by atoms with Gasteiger partial charge in [-0.25, -0.2) is 9.98 Å². The standard InChI is InChI=1S/C29H26ClF3N8/c1-4-5-10-26-24(17(2)41(18(3)36-26)28-25(30)13-20(16-35-28)29(31,32)33)14-21-12-11-19(15-34-21)22-8-6-7-9-23(22)27-37-39-40-38-27/h6-9,11-13,15-16H,2,4-5,10,14H2,1,3H3,(H,37,38,39,40). The molecular formula is C29H26ClF3N8. The van der Waals surface area contributed by atoms with E-state index in [0.717, 1.165) is 65.2 Å². The van der Waals surface area contributed by atoms with Crippen molar-refractivity contribution in [1.29, 1.82) is 0 Å². The Labute approximate surface area is 239 Å². The minimum absolute atomic E-state index is 0.138. The van der Waals surface area contributed by atoms with E-state index in [1.807, 2.05) is 36.4 Å². The molecule has 3 aromatic heterocycles. The molecule has 4 heterocycles. The number of aliphatic imine (C=N–C) groups is 1. The van der Waals surface area contributed by atoms with Gasteiger partial charge < -0.3 is 0 Å². The van der Waals surface area contributed by atoms with Crippen LogP contribution in [0.15, 0.2) is 83.4 Å². The molecule has 0 saturated carbocycles. The highest BCUT2D eigenvalue weighted by molar-refractivity contribution is 6.33. The summed E-state index contributed by atoms with van der Waals surface area (Å²) >= 11 is 6.31. The van der Waals surface area contributed by atoms with Crippen molar-refractivity contribution in [2.45, 2.75) is 45.7 Å². The van der Waals surface area contributed by atoms with Gasteiger partial charge in [0.25, 0.3) is 0 Å². The van der Waals surface area contributed by atoms with Gasteiger partial charge in [-0.05, 0) is 42.7 Å². The molecule has 0 atom stereocenters. The Morgan fingerprint density at radius 1 is 1.05 bits per heavy atom. The first kappa shape index (κ1) is 28.2. The Morgan fingerprint density at radius 2 is 1.83 bits per heavy atom. The van der Waals surface area contributed by atoms with E-state index < -0.39 is 11.7 Å². The highest BCUT2D eigenvalue weighted by atomic mass is 35.5. The number of nitrogens with zero attached hydrogens (tertiary/aromatic N) is 7. The number of H-pyrrole nitrogens is 1. The Bertz CT molecular complexity index is 1630. The molecule has 0 amide bonds. The minimum Gasteiger partial charge on any atom is -0.282 e. The molecule has 0 aliphatic carbocycles. The number of halogens is 4. The van der Waals surface area contributed by atoms with Gasteiger partial charge in [-0.3, -0.25) is 9.88 Å². The lowest BCUT2D eigenvalue weighted by Gasteiger charge is -2.32. The van der Waals surface area contributed by atoms with Crippen molar-refractivity contribution in [3.05, 3.63) is 94.7 Å². The lowest BCUT2D eigenvalue weighted by atomic mass is 9.97. The van der Waals surface area contributed by atoms with Crippen molar-refractivity contribution >= 4 is 23.3 Å². The van der Waals surface area contributed by atoms with Crippen LogP contribution in [-0.4, -0.2) is 36.4 Å². The molecule has 0 fully saturated rings. The van der Waals surface area contributed by atoms with Crippen LogP contribution in [0.2, 0.25) is 5.02 Å². The van der Waals surface area contributed by atoms with Crippen molar-refractivity contribution in [1.82, 2.24) is 30.6 Å². The third kappa shape index (κ3) is 5.90. The normalized spacial score (nSPS) is 14.0. The molecule has 8 nitrogen and oxygen atoms in total. The molecule has 12 heteroatoms. The number of nitrogens with one attached hydrogen (secondary N) is 1. The fourth-order valence-electron chi connectivity index (χ4n) is 4.67. The topological polar surface area (TPSA) is 95.8 Å². The maximum Gasteiger partial charge on any atom is 0.417 e. The second kappa shape index (κ2) is 11.6. The minimum atomic E-state index is -4.56. The van der Waals surface area contributed by atoms with Gasteiger partial charge in [0.2, 0.25) is 5.82 Å². The molecule has 0 spiro atoms. The molecule has 5 rings (SSSR count). The van der Waals surface area contributed by atoms with Gasteiger partial charge in [0, 0.05) is 52.6 Å². The third-order valence-corrected chi connectivity index (χ3v) is 7.00. The summed E-state index contributed by atoms with van der Waals surface area (Å²) in [6, 6.07) is 12.5. The summed E-state index contributed by atoms with van der Waals surface area (Å²) in [6.07, 6.45) is 1.02. The number of amidine groups is 1. The van der Waals surface area contributed by atoms with E-state index in [1.165, 1.54) is 0 Å². The number of aromatic nitrogens is 6. The summed E-state index contributed by atoms with van der Waals surface area (Å²) in [5.41, 5.74) is 4.70. The van der Waals surface area contributed by atoms with Crippen LogP contribution in [0.5, 0.6) is 0 Å². The molecule has 4 aromatic rings. The van der Waals surface area contributed by atoms with Crippen LogP contribution in [0.4, 0.5) is 19.0 Å². The summed E-state index contributed by atoms with van der Waals surface area (Å²) in [6.45, 7) is 8.15. The second-order valence-corrected chi connectivity index (χ2v) is 9.90. The summed E-state index contributed by atoms with van der Waals surface area (Å²) < 4.78 is 39.7. The number of allylic oxidation sites excluding steroid dienone is 2. The van der Waals surface area contributed by atoms with Crippen LogP contribution in [0.25, 0.3) is 22.5 Å². The zero-order valence-electron chi connectivity index (χ0n) is 22.4. The molecule has 210 valence electrons. The fraction of sp³-hybridized carbons (Fsp3) is 0.241. The SMILES string of the molecule is C=C1C(Cc2ccc(-c3ccccc3-c3nn[nH]n3)cn2)=C(CCCC)N=C(C)N1c1ncc(C(F)(F)F)cc1Cl. The Kier molecular flexibility index (Phi) is 7.98. The monoisotopic (exact) mass is 578 g/mol. The molecule has 0 radical (unpaired) electrons. The molecular weight excluding hydrogens is 553 g/mol. The molecule has 1 aliphatic heterocycles. The number of hydrogen-bond donors (Lipinski definition) is 1. The Balaban J connectivity index is 1.46. The number of rotatable bonds is 8. The van der Waals surface area contributed by atoms with Crippen molar-refractivity contribution in [3.63, 3.8) is 0 Å². The summed E-state index contributed by atoms with van der Waals surface area (Å²) in [5, 5.41) is 14.2. The number of anilines is 1. The van der Waals surface area contributed by atoms with Crippen LogP contribution >= 0.6 is 11.6 Å². The first-order chi connectivity index (χ1) is 19.7. The molecule has 1 aliphatic rings. The van der Waals surface area contributed by atoms with Gasteiger partial charge in [-0.2, -0.15) is 18.4 Å². The first-order valence-corrected chi connectivity index (χ1v) is 13.3. The quantitative estimate of drug-likeness (QED) is 0.233. The van der Waals surface area contributed by atoms with E-state index in [4.69, 9.17) is 21.6 Å². The number of pyridine rings is 2. The van der Waals surface area contributed by atoms with Crippen molar-refractivity contribution in [3.8, 4) is 22.5 Å². The van der Waals surface area contributed by atoms with Crippen LogP contribution in [0, 0.1) is 0 Å². The van der Waals surface area contributed by atoms with Crippen LogP contribution in [0.1, 0.15) is 44.4 Å². The third-order valence-electron chi connectivity index (χ3n) is 6.72. The number of hydrogen-bond acceptors (Lipinski definition) is 7. The van der Waals surface area contributed by atoms with Crippen molar-refractivity contribution in [2.75, 3.05) is 4.90 Å². The van der Waals surface area contributed by atoms with E-state index in [0.29, 0.717) is 23.8 Å². The fourth-order valence-corrected chi connectivity index (χ4v) is 4.92. The number of benzene rings is 1. The smallest absolute Gasteiger partial charge is 0.282 e. The van der Waals surface area contributed by atoms with Crippen LogP contribution in [-0.2, 0) is 12.6 Å². The van der Waals surface area contributed by atoms with E-state index in [1.54, 1.807) is 18.0 Å². The van der Waals surface area contributed by atoms with Gasteiger partial charge in [-0.1, -0.05) is 61.9 Å². The zero-order valence-corrected chi connectivity index (χ0v) is 23.1. The highest BCUT2D eigenvalue weighted by Crippen LogP contribution is 2.38. The highest BCUT2D eigenvalue weighted by Gasteiger charge is 2.33.